The van der Waals surface area contributed by atoms with Gasteiger partial charge in [0.15, 0.2) is 0 Å². The number of piperidine rings is 1. The summed E-state index contributed by atoms with van der Waals surface area (Å²) < 4.78 is 5.88. The molecule has 0 unspecified atom stereocenters. The van der Waals surface area contributed by atoms with Crippen LogP contribution in [0, 0.1) is 6.92 Å². The van der Waals surface area contributed by atoms with E-state index in [4.69, 9.17) is 4.74 Å². The van der Waals surface area contributed by atoms with Crippen molar-refractivity contribution in [1.82, 2.24) is 10.2 Å². The Morgan fingerprint density at radius 1 is 0.871 bits per heavy atom. The van der Waals surface area contributed by atoms with Gasteiger partial charge >= 0.3 is 0 Å². The largest absolute Gasteiger partial charge is 0.490 e. The van der Waals surface area contributed by atoms with Crippen LogP contribution in [-0.2, 0) is 0 Å². The van der Waals surface area contributed by atoms with Crippen molar-refractivity contribution < 1.29 is 11.0 Å². The zero-order chi connectivity index (χ0) is 22.3. The number of carbonyl (C=O) groups excluding carboxylic acids is 1. The average Bonchev–Trinajstić information content (AvgIpc) is 2.83. The first-order chi connectivity index (χ1) is 15.1. The Morgan fingerprint density at radius 2 is 1.35 bits per heavy atom. The summed E-state index contributed by atoms with van der Waals surface area (Å²) in [4.78, 5) is 13.3. The minimum Gasteiger partial charge on any atom is -0.490 e. The molecule has 1 N–H and O–H groups in total. The van der Waals surface area contributed by atoms with Gasteiger partial charge in [0, 0.05) is 27.1 Å². The van der Waals surface area contributed by atoms with Gasteiger partial charge in [-0.05, 0) is 51.1 Å². The second-order valence-electron chi connectivity index (χ2n) is 7.53. The molecule has 0 aromatic heterocycles. The first-order valence-electron chi connectivity index (χ1n) is 10.8. The summed E-state index contributed by atoms with van der Waals surface area (Å²) in [6.45, 7) is 4.38. The molecule has 0 bridgehead atoms. The van der Waals surface area contributed by atoms with Crippen LogP contribution < -0.4 is 10.1 Å². The SMILES string of the molecule is CN1CCC(Oc2ccccc2)CC1.CNC(=O)c1ccccc1.Cc1ccccc1.[HH]. The van der Waals surface area contributed by atoms with E-state index in [1.165, 1.54) is 5.56 Å². The van der Waals surface area contributed by atoms with Gasteiger partial charge in [0.25, 0.3) is 5.91 Å². The molecule has 1 fully saturated rings. The Balaban J connectivity index is 0.000000251. The third kappa shape index (κ3) is 9.96. The molecule has 1 aliphatic heterocycles. The van der Waals surface area contributed by atoms with Crippen molar-refractivity contribution in [2.75, 3.05) is 27.2 Å². The maximum atomic E-state index is 10.9. The van der Waals surface area contributed by atoms with Gasteiger partial charge in [-0.3, -0.25) is 4.79 Å². The van der Waals surface area contributed by atoms with Crippen molar-refractivity contribution in [2.45, 2.75) is 25.9 Å². The fraction of sp³-hybridized carbons (Fsp3) is 0.296. The number of hydrogen-bond acceptors (Lipinski definition) is 3. The predicted molar refractivity (Wildman–Crippen MR) is 131 cm³/mol. The Bertz CT molecular complexity index is 853. The van der Waals surface area contributed by atoms with E-state index in [-0.39, 0.29) is 7.33 Å². The van der Waals surface area contributed by atoms with Crippen molar-refractivity contribution in [3.8, 4) is 5.75 Å². The molecule has 1 amide bonds. The third-order valence-electron chi connectivity index (χ3n) is 4.92. The molecular formula is C27H36N2O2. The van der Waals surface area contributed by atoms with Gasteiger partial charge in [-0.1, -0.05) is 72.3 Å². The standard InChI is InChI=1S/C12H17NO.C8H9NO.C7H8.H2/c1-13-9-7-12(8-10-13)14-11-5-3-2-4-6-11;1-9-8(10)7-5-3-2-4-6-7;1-7-5-3-2-4-6-7;/h2-6,12H,7-10H2,1H3;2-6H,1H3,(H,9,10);2-6H,1H3;1H. The predicted octanol–water partition coefficient (Wildman–Crippen LogP) is 5.45. The molecule has 4 nitrogen and oxygen atoms in total. The van der Waals surface area contributed by atoms with Crippen LogP contribution in [-0.4, -0.2) is 44.1 Å². The van der Waals surface area contributed by atoms with Gasteiger partial charge in [0.05, 0.1) is 0 Å². The second kappa shape index (κ2) is 14.0. The van der Waals surface area contributed by atoms with Crippen molar-refractivity contribution >= 4 is 5.91 Å². The molecule has 1 heterocycles. The van der Waals surface area contributed by atoms with Crippen LogP contribution in [0.15, 0.2) is 91.0 Å². The van der Waals surface area contributed by atoms with Crippen molar-refractivity contribution in [1.29, 1.82) is 0 Å². The minimum absolute atomic E-state index is 0. The van der Waals surface area contributed by atoms with Gasteiger partial charge in [0.1, 0.15) is 11.9 Å². The van der Waals surface area contributed by atoms with Crippen LogP contribution >= 0.6 is 0 Å². The highest BCUT2D eigenvalue weighted by molar-refractivity contribution is 5.93. The number of benzene rings is 3. The summed E-state index contributed by atoms with van der Waals surface area (Å²) >= 11 is 0. The number of hydrogen-bond donors (Lipinski definition) is 1. The highest BCUT2D eigenvalue weighted by Gasteiger charge is 2.17. The summed E-state index contributed by atoms with van der Waals surface area (Å²) in [5, 5.41) is 2.54. The molecular weight excluding hydrogens is 384 g/mol. The number of nitrogens with zero attached hydrogens (tertiary/aromatic N) is 1. The van der Waals surface area contributed by atoms with Crippen LogP contribution in [0.3, 0.4) is 0 Å². The molecule has 0 radical (unpaired) electrons. The molecule has 0 spiro atoms. The van der Waals surface area contributed by atoms with Crippen molar-refractivity contribution in [3.63, 3.8) is 0 Å². The molecule has 1 saturated heterocycles. The Kier molecular flexibility index (Phi) is 10.9. The number of aryl methyl sites for hydroxylation is 1. The minimum atomic E-state index is -0.0411. The molecule has 0 saturated carbocycles. The lowest BCUT2D eigenvalue weighted by Gasteiger charge is -2.29. The first-order valence-corrected chi connectivity index (χ1v) is 10.8. The smallest absolute Gasteiger partial charge is 0.251 e. The summed E-state index contributed by atoms with van der Waals surface area (Å²) in [5.41, 5.74) is 2.02. The number of amides is 1. The number of para-hydroxylation sites is 1. The van der Waals surface area contributed by atoms with E-state index < -0.39 is 0 Å². The van der Waals surface area contributed by atoms with Gasteiger partial charge in [0.2, 0.25) is 0 Å². The van der Waals surface area contributed by atoms with Gasteiger partial charge in [-0.2, -0.15) is 0 Å². The van der Waals surface area contributed by atoms with Crippen LogP contribution in [0.2, 0.25) is 0 Å². The first kappa shape index (κ1) is 24.2. The average molecular weight is 421 g/mol. The molecule has 0 aliphatic carbocycles. The summed E-state index contributed by atoms with van der Waals surface area (Å²) in [6, 6.07) is 29.5. The zero-order valence-corrected chi connectivity index (χ0v) is 18.8. The van der Waals surface area contributed by atoms with E-state index in [2.05, 4.69) is 36.3 Å². The summed E-state index contributed by atoms with van der Waals surface area (Å²) in [5.74, 6) is 0.961. The van der Waals surface area contributed by atoms with Gasteiger partial charge in [-0.25, -0.2) is 0 Å². The number of likely N-dealkylation sites (tertiary alicyclic amines) is 1. The molecule has 0 atom stereocenters. The number of rotatable bonds is 3. The lowest BCUT2D eigenvalue weighted by molar-refractivity contribution is 0.0963. The van der Waals surface area contributed by atoms with Crippen molar-refractivity contribution in [3.05, 3.63) is 102 Å². The van der Waals surface area contributed by atoms with E-state index in [1.54, 1.807) is 19.2 Å². The fourth-order valence-electron chi connectivity index (χ4n) is 3.06. The maximum absolute atomic E-state index is 10.9. The number of nitrogens with one attached hydrogen (secondary N) is 1. The van der Waals surface area contributed by atoms with Crippen LogP contribution in [0.4, 0.5) is 0 Å². The monoisotopic (exact) mass is 420 g/mol. The van der Waals surface area contributed by atoms with Crippen LogP contribution in [0.25, 0.3) is 0 Å². The molecule has 1 aliphatic rings. The highest BCUT2D eigenvalue weighted by atomic mass is 16.5. The topological polar surface area (TPSA) is 41.6 Å². The molecule has 4 rings (SSSR count). The molecule has 3 aromatic carbocycles. The van der Waals surface area contributed by atoms with Crippen LogP contribution in [0.1, 0.15) is 30.2 Å². The van der Waals surface area contributed by atoms with E-state index in [9.17, 15) is 4.79 Å². The molecule has 31 heavy (non-hydrogen) atoms. The molecule has 166 valence electrons. The van der Waals surface area contributed by atoms with E-state index in [0.717, 1.165) is 31.7 Å². The quantitative estimate of drug-likeness (QED) is 0.613. The number of carbonyl (C=O) groups is 1. The fourth-order valence-corrected chi connectivity index (χ4v) is 3.06. The van der Waals surface area contributed by atoms with E-state index in [1.807, 2.05) is 66.7 Å². The van der Waals surface area contributed by atoms with E-state index in [0.29, 0.717) is 11.7 Å². The number of ether oxygens (including phenoxy) is 1. The molecule has 4 heteroatoms. The van der Waals surface area contributed by atoms with Crippen molar-refractivity contribution in [2.24, 2.45) is 0 Å². The Hall–Kier alpha value is -3.11. The van der Waals surface area contributed by atoms with Gasteiger partial charge < -0.3 is 15.0 Å². The van der Waals surface area contributed by atoms with Gasteiger partial charge in [-0.15, -0.1) is 0 Å². The third-order valence-corrected chi connectivity index (χ3v) is 4.92. The Labute approximate surface area is 188 Å². The maximum Gasteiger partial charge on any atom is 0.251 e. The highest BCUT2D eigenvalue weighted by Crippen LogP contribution is 2.17. The lowest BCUT2D eigenvalue weighted by atomic mass is 10.1. The normalized spacial score (nSPS) is 13.6. The summed E-state index contributed by atoms with van der Waals surface area (Å²) in [7, 11) is 3.79. The zero-order valence-electron chi connectivity index (χ0n) is 18.8. The van der Waals surface area contributed by atoms with E-state index >= 15 is 0 Å². The van der Waals surface area contributed by atoms with Crippen LogP contribution in [0.5, 0.6) is 5.75 Å². The summed E-state index contributed by atoms with van der Waals surface area (Å²) in [6.07, 6.45) is 2.70. The lowest BCUT2D eigenvalue weighted by Crippen LogP contribution is -2.35. The molecule has 3 aromatic rings. The second-order valence-corrected chi connectivity index (χ2v) is 7.53. The Morgan fingerprint density at radius 3 is 1.81 bits per heavy atom.